The molecule has 0 spiro atoms. The normalized spacial score (nSPS) is 10.8. The summed E-state index contributed by atoms with van der Waals surface area (Å²) in [4.78, 5) is 8.88. The quantitative estimate of drug-likeness (QED) is 0.486. The second-order valence-corrected chi connectivity index (χ2v) is 6.35. The summed E-state index contributed by atoms with van der Waals surface area (Å²) < 4.78 is 23.2. The van der Waals surface area contributed by atoms with Crippen LogP contribution in [0.4, 0.5) is 5.69 Å². The molecule has 0 fully saturated rings. The third kappa shape index (κ3) is 3.20. The van der Waals surface area contributed by atoms with Gasteiger partial charge in [0, 0.05) is 17.3 Å². The number of methoxy groups -OCH3 is 4. The smallest absolute Gasteiger partial charge is 0.253 e. The lowest BCUT2D eigenvalue weighted by Crippen LogP contribution is -1.99. The molecule has 0 aliphatic heterocycles. The number of benzene rings is 2. The highest BCUT2D eigenvalue weighted by Crippen LogP contribution is 2.41. The van der Waals surface area contributed by atoms with E-state index in [2.05, 4.69) is 15.1 Å². The molecule has 30 heavy (non-hydrogen) atoms. The van der Waals surface area contributed by atoms with Crippen LogP contribution in [0.5, 0.6) is 23.0 Å². The molecule has 9 nitrogen and oxygen atoms in total. The summed E-state index contributed by atoms with van der Waals surface area (Å²) >= 11 is 0. The Bertz CT molecular complexity index is 1200. The maximum absolute atomic E-state index is 6.03. The minimum atomic E-state index is 0.450. The number of nitrogens with zero attached hydrogens (tertiary/aromatic N) is 4. The van der Waals surface area contributed by atoms with Crippen molar-refractivity contribution in [1.82, 2.24) is 19.6 Å². The van der Waals surface area contributed by atoms with Gasteiger partial charge < -0.3 is 24.7 Å². The van der Waals surface area contributed by atoms with Crippen LogP contribution in [-0.2, 0) is 0 Å². The first-order chi connectivity index (χ1) is 14.6. The number of ether oxygens (including phenoxy) is 4. The minimum absolute atomic E-state index is 0.450. The summed E-state index contributed by atoms with van der Waals surface area (Å²) in [6.07, 6.45) is 1.68. The molecule has 2 N–H and O–H groups in total. The van der Waals surface area contributed by atoms with Crippen molar-refractivity contribution in [3.05, 3.63) is 42.6 Å². The molecule has 4 rings (SSSR count). The van der Waals surface area contributed by atoms with E-state index in [9.17, 15) is 0 Å². The molecule has 154 valence electrons. The zero-order valence-electron chi connectivity index (χ0n) is 17.0. The van der Waals surface area contributed by atoms with Gasteiger partial charge in [-0.15, -0.1) is 5.10 Å². The summed E-state index contributed by atoms with van der Waals surface area (Å²) in [6, 6.07) is 10.9. The van der Waals surface area contributed by atoms with Crippen molar-refractivity contribution in [3.63, 3.8) is 0 Å². The summed E-state index contributed by atoms with van der Waals surface area (Å²) in [6.45, 7) is 0. The second-order valence-electron chi connectivity index (χ2n) is 6.35. The van der Waals surface area contributed by atoms with E-state index in [0.717, 1.165) is 16.8 Å². The fourth-order valence-electron chi connectivity index (χ4n) is 3.24. The van der Waals surface area contributed by atoms with Gasteiger partial charge in [0.1, 0.15) is 5.75 Å². The first kappa shape index (κ1) is 19.3. The Morgan fingerprint density at radius 3 is 2.10 bits per heavy atom. The van der Waals surface area contributed by atoms with Crippen molar-refractivity contribution >= 4 is 11.5 Å². The zero-order valence-corrected chi connectivity index (χ0v) is 17.0. The fourth-order valence-corrected chi connectivity index (χ4v) is 3.24. The second kappa shape index (κ2) is 7.78. The molecule has 0 saturated heterocycles. The molecule has 2 heterocycles. The van der Waals surface area contributed by atoms with Crippen LogP contribution in [0.25, 0.3) is 28.4 Å². The standard InChI is InChI=1S/C21H21N5O4/c1-27-16-6-5-12(9-14(16)22)20-24-21-23-8-7-15(26(21)25-20)13-10-17(28-2)19(30-4)18(11-13)29-3/h5-11H,22H2,1-4H3. The minimum Gasteiger partial charge on any atom is -0.495 e. The maximum Gasteiger partial charge on any atom is 0.253 e. The predicted octanol–water partition coefficient (Wildman–Crippen LogP) is 3.07. The number of nitrogens with two attached hydrogens (primary N) is 1. The van der Waals surface area contributed by atoms with E-state index in [1.807, 2.05) is 24.3 Å². The first-order valence-electron chi connectivity index (χ1n) is 9.05. The van der Waals surface area contributed by atoms with E-state index in [-0.39, 0.29) is 0 Å². The van der Waals surface area contributed by atoms with Crippen LogP contribution in [0.15, 0.2) is 42.6 Å². The van der Waals surface area contributed by atoms with Gasteiger partial charge in [0.05, 0.1) is 39.8 Å². The number of hydrogen-bond acceptors (Lipinski definition) is 8. The van der Waals surface area contributed by atoms with Crippen molar-refractivity contribution < 1.29 is 18.9 Å². The van der Waals surface area contributed by atoms with E-state index >= 15 is 0 Å². The number of rotatable bonds is 6. The molecule has 0 bridgehead atoms. The van der Waals surface area contributed by atoms with Gasteiger partial charge in [-0.3, -0.25) is 0 Å². The van der Waals surface area contributed by atoms with Crippen LogP contribution in [0.3, 0.4) is 0 Å². The third-order valence-electron chi connectivity index (χ3n) is 4.69. The van der Waals surface area contributed by atoms with Crippen molar-refractivity contribution in [2.45, 2.75) is 0 Å². The Labute approximate surface area is 173 Å². The van der Waals surface area contributed by atoms with Crippen molar-refractivity contribution in [3.8, 4) is 45.6 Å². The molecule has 0 aliphatic rings. The summed E-state index contributed by atoms with van der Waals surface area (Å²) in [7, 11) is 6.28. The Balaban J connectivity index is 1.87. The third-order valence-corrected chi connectivity index (χ3v) is 4.69. The Morgan fingerprint density at radius 1 is 0.800 bits per heavy atom. The average molecular weight is 407 g/mol. The topological polar surface area (TPSA) is 106 Å². The van der Waals surface area contributed by atoms with Crippen LogP contribution < -0.4 is 24.7 Å². The van der Waals surface area contributed by atoms with Crippen LogP contribution in [-0.4, -0.2) is 48.0 Å². The highest BCUT2D eigenvalue weighted by molar-refractivity contribution is 5.71. The molecule has 0 amide bonds. The molecule has 9 heteroatoms. The van der Waals surface area contributed by atoms with Gasteiger partial charge >= 0.3 is 0 Å². The molecule has 2 aromatic heterocycles. The molecule has 0 unspecified atom stereocenters. The molecule has 0 saturated carbocycles. The number of hydrogen-bond donors (Lipinski definition) is 1. The van der Waals surface area contributed by atoms with Crippen LogP contribution in [0.2, 0.25) is 0 Å². The molecule has 4 aromatic rings. The Morgan fingerprint density at radius 2 is 1.50 bits per heavy atom. The molecule has 0 aliphatic carbocycles. The van der Waals surface area contributed by atoms with Crippen molar-refractivity contribution in [2.75, 3.05) is 34.2 Å². The largest absolute Gasteiger partial charge is 0.495 e. The lowest BCUT2D eigenvalue weighted by atomic mass is 10.1. The number of anilines is 1. The van der Waals surface area contributed by atoms with E-state index in [1.165, 1.54) is 0 Å². The van der Waals surface area contributed by atoms with Gasteiger partial charge in [0.15, 0.2) is 17.3 Å². The maximum atomic E-state index is 6.03. The highest BCUT2D eigenvalue weighted by atomic mass is 16.5. The van der Waals surface area contributed by atoms with Gasteiger partial charge in [-0.05, 0) is 36.4 Å². The van der Waals surface area contributed by atoms with Gasteiger partial charge in [-0.25, -0.2) is 4.98 Å². The molecular weight excluding hydrogens is 386 g/mol. The SMILES string of the molecule is COc1ccc(-c2nc3nccc(-c4cc(OC)c(OC)c(OC)c4)n3n2)cc1N. The van der Waals surface area contributed by atoms with Gasteiger partial charge in [-0.1, -0.05) is 0 Å². The van der Waals surface area contributed by atoms with Crippen LogP contribution >= 0.6 is 0 Å². The number of fused-ring (bicyclic) bond motifs is 1. The Kier molecular flexibility index (Phi) is 5.01. The number of aromatic nitrogens is 4. The van der Waals surface area contributed by atoms with Crippen LogP contribution in [0, 0.1) is 0 Å². The van der Waals surface area contributed by atoms with E-state index in [0.29, 0.717) is 40.3 Å². The summed E-state index contributed by atoms with van der Waals surface area (Å²) in [5.74, 6) is 3.14. The number of nitrogen functional groups attached to an aromatic ring is 1. The monoisotopic (exact) mass is 407 g/mol. The van der Waals surface area contributed by atoms with E-state index in [4.69, 9.17) is 24.7 Å². The fraction of sp³-hybridized carbons (Fsp3) is 0.190. The lowest BCUT2D eigenvalue weighted by Gasteiger charge is -2.14. The van der Waals surface area contributed by atoms with Crippen LogP contribution in [0.1, 0.15) is 0 Å². The lowest BCUT2D eigenvalue weighted by molar-refractivity contribution is 0.324. The predicted molar refractivity (Wildman–Crippen MR) is 112 cm³/mol. The molecule has 0 atom stereocenters. The van der Waals surface area contributed by atoms with Gasteiger partial charge in [0.25, 0.3) is 5.78 Å². The summed E-state index contributed by atoms with van der Waals surface area (Å²) in [5.41, 5.74) is 8.87. The van der Waals surface area contributed by atoms with Gasteiger partial charge in [-0.2, -0.15) is 9.50 Å². The zero-order chi connectivity index (χ0) is 21.3. The summed E-state index contributed by atoms with van der Waals surface area (Å²) in [5, 5.41) is 4.64. The van der Waals surface area contributed by atoms with Crippen molar-refractivity contribution in [2.24, 2.45) is 0 Å². The average Bonchev–Trinajstić information content (AvgIpc) is 3.22. The first-order valence-corrected chi connectivity index (χ1v) is 9.05. The van der Waals surface area contributed by atoms with Crippen molar-refractivity contribution in [1.29, 1.82) is 0 Å². The Hall–Kier alpha value is -4.01. The van der Waals surface area contributed by atoms with Gasteiger partial charge in [0.2, 0.25) is 5.75 Å². The highest BCUT2D eigenvalue weighted by Gasteiger charge is 2.17. The molecule has 0 radical (unpaired) electrons. The van der Waals surface area contributed by atoms with E-state index < -0.39 is 0 Å². The molecular formula is C21H21N5O4. The molecule has 2 aromatic carbocycles. The van der Waals surface area contributed by atoms with E-state index in [1.54, 1.807) is 51.3 Å².